The van der Waals surface area contributed by atoms with Gasteiger partial charge in [0.1, 0.15) is 5.75 Å². The molecule has 3 heterocycles. The highest BCUT2D eigenvalue weighted by Gasteiger charge is 2.41. The summed E-state index contributed by atoms with van der Waals surface area (Å²) in [4.78, 5) is 2.34. The van der Waals surface area contributed by atoms with Crippen molar-refractivity contribution in [2.24, 2.45) is 0 Å². The Morgan fingerprint density at radius 1 is 0.944 bits per heavy atom. The standard InChI is InChI=1S/C29H34N6O/c1-20-9-6-7-10-25(20)35(22-18-28(2,3)33-29(4,5)19-22)27-14-13-24(31-32-27)23-12-11-21(17-26(23)36)34-16-8-15-30-34/h6-17,22,33,36H,18-19H2,1-5H3. The van der Waals surface area contributed by atoms with Gasteiger partial charge in [0.05, 0.1) is 11.4 Å². The maximum atomic E-state index is 10.7. The Hall–Kier alpha value is -3.71. The summed E-state index contributed by atoms with van der Waals surface area (Å²) in [5.74, 6) is 0.946. The van der Waals surface area contributed by atoms with E-state index < -0.39 is 0 Å². The molecule has 5 rings (SSSR count). The van der Waals surface area contributed by atoms with Gasteiger partial charge in [-0.05, 0) is 89.4 Å². The van der Waals surface area contributed by atoms with E-state index in [0.717, 1.165) is 30.0 Å². The van der Waals surface area contributed by atoms with Gasteiger partial charge >= 0.3 is 0 Å². The molecule has 186 valence electrons. The molecule has 0 unspecified atom stereocenters. The lowest BCUT2D eigenvalue weighted by atomic mass is 9.78. The second-order valence-electron chi connectivity index (χ2n) is 11.0. The smallest absolute Gasteiger partial charge is 0.155 e. The largest absolute Gasteiger partial charge is 0.507 e. The predicted molar refractivity (Wildman–Crippen MR) is 144 cm³/mol. The number of aromatic nitrogens is 4. The van der Waals surface area contributed by atoms with Crippen LogP contribution < -0.4 is 10.2 Å². The molecule has 0 bridgehead atoms. The minimum atomic E-state index is -0.0111. The predicted octanol–water partition coefficient (Wildman–Crippen LogP) is 5.79. The molecule has 2 aromatic heterocycles. The minimum Gasteiger partial charge on any atom is -0.507 e. The normalized spacial score (nSPS) is 17.1. The first-order valence-electron chi connectivity index (χ1n) is 12.4. The first-order valence-corrected chi connectivity index (χ1v) is 12.4. The van der Waals surface area contributed by atoms with E-state index in [0.29, 0.717) is 11.3 Å². The molecule has 0 aliphatic carbocycles. The van der Waals surface area contributed by atoms with Gasteiger partial charge in [0.2, 0.25) is 0 Å². The zero-order chi connectivity index (χ0) is 25.5. The monoisotopic (exact) mass is 482 g/mol. The van der Waals surface area contributed by atoms with Crippen molar-refractivity contribution in [3.8, 4) is 22.7 Å². The van der Waals surface area contributed by atoms with Gasteiger partial charge in [-0.3, -0.25) is 0 Å². The third kappa shape index (κ3) is 4.84. The summed E-state index contributed by atoms with van der Waals surface area (Å²) in [6, 6.07) is 19.9. The van der Waals surface area contributed by atoms with Crippen molar-refractivity contribution in [2.45, 2.75) is 64.6 Å². The Labute approximate surface area is 212 Å². The van der Waals surface area contributed by atoms with Crippen molar-refractivity contribution in [3.63, 3.8) is 0 Å². The van der Waals surface area contributed by atoms with Crippen LogP contribution in [0.25, 0.3) is 16.9 Å². The summed E-state index contributed by atoms with van der Waals surface area (Å²) in [6.07, 6.45) is 5.50. The molecule has 0 atom stereocenters. The molecule has 0 spiro atoms. The van der Waals surface area contributed by atoms with Crippen LogP contribution in [0.15, 0.2) is 73.1 Å². The fourth-order valence-electron chi connectivity index (χ4n) is 5.69. The number of phenols is 1. The van der Waals surface area contributed by atoms with Gasteiger partial charge in [-0.2, -0.15) is 5.10 Å². The van der Waals surface area contributed by atoms with Crippen molar-refractivity contribution in [1.82, 2.24) is 25.3 Å². The lowest BCUT2D eigenvalue weighted by Gasteiger charge is -2.50. The van der Waals surface area contributed by atoms with Crippen molar-refractivity contribution >= 4 is 11.5 Å². The van der Waals surface area contributed by atoms with E-state index in [2.05, 4.69) is 84.4 Å². The molecule has 36 heavy (non-hydrogen) atoms. The van der Waals surface area contributed by atoms with E-state index in [1.807, 2.05) is 36.5 Å². The number of aromatic hydroxyl groups is 1. The zero-order valence-corrected chi connectivity index (χ0v) is 21.6. The van der Waals surface area contributed by atoms with Crippen LogP contribution >= 0.6 is 0 Å². The van der Waals surface area contributed by atoms with E-state index in [1.165, 1.54) is 5.56 Å². The molecule has 0 saturated carbocycles. The molecule has 1 aliphatic heterocycles. The number of hydrogen-bond acceptors (Lipinski definition) is 6. The third-order valence-electron chi connectivity index (χ3n) is 6.83. The molecule has 7 nitrogen and oxygen atoms in total. The quantitative estimate of drug-likeness (QED) is 0.375. The number of phenolic OH excluding ortho intramolecular Hbond substituents is 1. The number of rotatable bonds is 5. The van der Waals surface area contributed by atoms with Gasteiger partial charge in [0, 0.05) is 46.8 Å². The molecule has 2 N–H and O–H groups in total. The fourth-order valence-corrected chi connectivity index (χ4v) is 5.69. The Balaban J connectivity index is 1.51. The van der Waals surface area contributed by atoms with Crippen LogP contribution in [0.2, 0.25) is 0 Å². The summed E-state index contributed by atoms with van der Waals surface area (Å²) >= 11 is 0. The highest BCUT2D eigenvalue weighted by Crippen LogP contribution is 2.39. The van der Waals surface area contributed by atoms with Gasteiger partial charge < -0.3 is 15.3 Å². The minimum absolute atomic E-state index is 0.0111. The molecule has 7 heteroatoms. The van der Waals surface area contributed by atoms with Crippen LogP contribution in [0.1, 0.15) is 46.1 Å². The molecule has 0 radical (unpaired) electrons. The van der Waals surface area contributed by atoms with Crippen LogP contribution in [0.5, 0.6) is 5.75 Å². The molecule has 4 aromatic rings. The number of piperidine rings is 1. The summed E-state index contributed by atoms with van der Waals surface area (Å²) in [5.41, 5.74) is 4.36. The van der Waals surface area contributed by atoms with Crippen molar-refractivity contribution in [1.29, 1.82) is 0 Å². The SMILES string of the molecule is Cc1ccccc1N(c1ccc(-c2ccc(-n3cccn3)cc2O)nn1)C1CC(C)(C)NC(C)(C)C1. The first kappa shape index (κ1) is 24.0. The molecule has 2 aromatic carbocycles. The van der Waals surface area contributed by atoms with Crippen LogP contribution in [0.3, 0.4) is 0 Å². The topological polar surface area (TPSA) is 79.1 Å². The average molecular weight is 483 g/mol. The van der Waals surface area contributed by atoms with Crippen molar-refractivity contribution in [2.75, 3.05) is 4.90 Å². The lowest BCUT2D eigenvalue weighted by Crippen LogP contribution is -2.61. The second kappa shape index (κ2) is 9.06. The van der Waals surface area contributed by atoms with E-state index >= 15 is 0 Å². The number of para-hydroxylation sites is 1. The number of anilines is 2. The molecule has 1 aliphatic rings. The number of nitrogens with one attached hydrogen (secondary N) is 1. The third-order valence-corrected chi connectivity index (χ3v) is 6.83. The zero-order valence-electron chi connectivity index (χ0n) is 21.6. The summed E-state index contributed by atoms with van der Waals surface area (Å²) in [7, 11) is 0. The fraction of sp³-hybridized carbons (Fsp3) is 0.345. The van der Waals surface area contributed by atoms with Crippen LogP contribution in [-0.4, -0.2) is 42.2 Å². The highest BCUT2D eigenvalue weighted by atomic mass is 16.3. The van der Waals surface area contributed by atoms with Gasteiger partial charge in [0.15, 0.2) is 5.82 Å². The van der Waals surface area contributed by atoms with Gasteiger partial charge in [-0.1, -0.05) is 18.2 Å². The number of benzene rings is 2. The van der Waals surface area contributed by atoms with E-state index in [1.54, 1.807) is 16.9 Å². The Bertz CT molecular complexity index is 1330. The van der Waals surface area contributed by atoms with Crippen LogP contribution in [-0.2, 0) is 0 Å². The lowest BCUT2D eigenvalue weighted by molar-refractivity contribution is 0.162. The van der Waals surface area contributed by atoms with Crippen molar-refractivity contribution < 1.29 is 5.11 Å². The average Bonchev–Trinajstić information content (AvgIpc) is 3.34. The highest BCUT2D eigenvalue weighted by molar-refractivity contribution is 5.70. The van der Waals surface area contributed by atoms with Crippen LogP contribution in [0.4, 0.5) is 11.5 Å². The van der Waals surface area contributed by atoms with Gasteiger partial charge in [0.25, 0.3) is 0 Å². The Morgan fingerprint density at radius 2 is 1.69 bits per heavy atom. The van der Waals surface area contributed by atoms with E-state index in [4.69, 9.17) is 0 Å². The Kier molecular flexibility index (Phi) is 6.04. The summed E-state index contributed by atoms with van der Waals surface area (Å²) in [5, 5.41) is 28.0. The number of aryl methyl sites for hydroxylation is 1. The van der Waals surface area contributed by atoms with E-state index in [9.17, 15) is 5.11 Å². The molecule has 0 amide bonds. The maximum Gasteiger partial charge on any atom is 0.155 e. The van der Waals surface area contributed by atoms with Gasteiger partial charge in [-0.25, -0.2) is 4.68 Å². The molecular formula is C29H34N6O. The van der Waals surface area contributed by atoms with Crippen LogP contribution in [0, 0.1) is 6.92 Å². The summed E-state index contributed by atoms with van der Waals surface area (Å²) in [6.45, 7) is 11.2. The van der Waals surface area contributed by atoms with Gasteiger partial charge in [-0.15, -0.1) is 10.2 Å². The Morgan fingerprint density at radius 3 is 2.31 bits per heavy atom. The number of nitrogens with zero attached hydrogens (tertiary/aromatic N) is 5. The maximum absolute atomic E-state index is 10.7. The first-order chi connectivity index (χ1) is 17.1. The van der Waals surface area contributed by atoms with E-state index in [-0.39, 0.29) is 22.9 Å². The van der Waals surface area contributed by atoms with Crippen molar-refractivity contribution in [3.05, 3.63) is 78.6 Å². The number of hydrogen-bond donors (Lipinski definition) is 2. The molecule has 1 fully saturated rings. The molecule has 1 saturated heterocycles. The summed E-state index contributed by atoms with van der Waals surface area (Å²) < 4.78 is 1.71. The second-order valence-corrected chi connectivity index (χ2v) is 11.0. The molecular weight excluding hydrogens is 448 g/mol.